The number of halogens is 1. The minimum atomic E-state index is -1.07. The number of benzene rings is 1. The minimum absolute atomic E-state index is 0.114. The van der Waals surface area contributed by atoms with Crippen LogP contribution in [0.5, 0.6) is 0 Å². The molecule has 33 heavy (non-hydrogen) atoms. The number of carbonyl (C=O) groups is 3. The van der Waals surface area contributed by atoms with E-state index in [-0.39, 0.29) is 23.0 Å². The molecular weight excluding hydrogens is 470 g/mol. The Balaban J connectivity index is 1.57. The summed E-state index contributed by atoms with van der Waals surface area (Å²) in [6.07, 6.45) is 1.87. The summed E-state index contributed by atoms with van der Waals surface area (Å²) in [5, 5.41) is 4.29. The van der Waals surface area contributed by atoms with E-state index in [1.54, 1.807) is 44.2 Å². The van der Waals surface area contributed by atoms with Gasteiger partial charge in [-0.1, -0.05) is 30.3 Å². The number of hydrogen-bond donors (Lipinski definition) is 2. The number of fused-ring (bicyclic) bond motifs is 1. The normalized spacial score (nSPS) is 18.1. The molecule has 0 bridgehead atoms. The number of imide groups is 1. The average molecular weight is 490 g/mol. The van der Waals surface area contributed by atoms with E-state index in [0.717, 1.165) is 11.8 Å². The highest BCUT2D eigenvalue weighted by Crippen LogP contribution is 2.22. The Morgan fingerprint density at radius 2 is 2.09 bits per heavy atom. The molecule has 0 radical (unpaired) electrons. The monoisotopic (exact) mass is 489 g/mol. The molecule has 1 aliphatic heterocycles. The molecule has 12 heteroatoms. The summed E-state index contributed by atoms with van der Waals surface area (Å²) in [6.45, 7) is 3.46. The number of nitrogens with zero attached hydrogens (tertiary/aromatic N) is 3. The summed E-state index contributed by atoms with van der Waals surface area (Å²) in [7, 11) is 0. The molecule has 1 saturated heterocycles. The standard InChI is InChI=1S/C21H20ClN5O5S/c1-3-21(2)18(30)27(19(31)24-21)25-16(28)11-33-20-23-15-9-12(22)6-7-14(15)17(29)26(20)10-13-5-4-8-32-13/h4-9H,3,10-11H2,1-2H3,(H,24,31)(H,25,28). The number of carbonyl (C=O) groups excluding carboxylic acids is 3. The first-order valence-electron chi connectivity index (χ1n) is 10.0. The van der Waals surface area contributed by atoms with Crippen molar-refractivity contribution in [1.29, 1.82) is 0 Å². The molecule has 172 valence electrons. The van der Waals surface area contributed by atoms with E-state index < -0.39 is 23.4 Å². The number of amides is 4. The van der Waals surface area contributed by atoms with Crippen molar-refractivity contribution in [3.05, 3.63) is 57.7 Å². The number of hydrogen-bond acceptors (Lipinski definition) is 7. The largest absolute Gasteiger partial charge is 0.467 e. The van der Waals surface area contributed by atoms with Crippen LogP contribution in [-0.2, 0) is 16.1 Å². The molecule has 1 atom stereocenters. The zero-order valence-corrected chi connectivity index (χ0v) is 19.3. The second-order valence-electron chi connectivity index (χ2n) is 7.61. The molecule has 1 aliphatic rings. The van der Waals surface area contributed by atoms with Gasteiger partial charge in [-0.25, -0.2) is 9.78 Å². The molecule has 3 aromatic rings. The van der Waals surface area contributed by atoms with Crippen LogP contribution in [0.3, 0.4) is 0 Å². The van der Waals surface area contributed by atoms with Crippen LogP contribution in [0.4, 0.5) is 4.79 Å². The molecule has 0 spiro atoms. The highest BCUT2D eigenvalue weighted by Gasteiger charge is 2.47. The van der Waals surface area contributed by atoms with Crippen molar-refractivity contribution in [2.45, 2.75) is 37.5 Å². The van der Waals surface area contributed by atoms with Gasteiger partial charge < -0.3 is 9.73 Å². The lowest BCUT2D eigenvalue weighted by Crippen LogP contribution is -2.49. The molecule has 0 saturated carbocycles. The van der Waals surface area contributed by atoms with Crippen molar-refractivity contribution in [2.24, 2.45) is 0 Å². The van der Waals surface area contributed by atoms with Crippen LogP contribution in [0.25, 0.3) is 10.9 Å². The van der Waals surface area contributed by atoms with Crippen LogP contribution in [0.2, 0.25) is 5.02 Å². The lowest BCUT2D eigenvalue weighted by Gasteiger charge is -2.19. The van der Waals surface area contributed by atoms with Gasteiger partial charge in [-0.15, -0.1) is 0 Å². The third-order valence-electron chi connectivity index (χ3n) is 5.31. The van der Waals surface area contributed by atoms with Gasteiger partial charge in [0, 0.05) is 5.02 Å². The Morgan fingerprint density at radius 3 is 2.76 bits per heavy atom. The fourth-order valence-electron chi connectivity index (χ4n) is 3.29. The maximum absolute atomic E-state index is 13.1. The van der Waals surface area contributed by atoms with Crippen molar-refractivity contribution in [2.75, 3.05) is 5.75 Å². The van der Waals surface area contributed by atoms with E-state index in [1.807, 2.05) is 0 Å². The van der Waals surface area contributed by atoms with Crippen LogP contribution >= 0.6 is 23.4 Å². The van der Waals surface area contributed by atoms with Crippen LogP contribution in [0.15, 0.2) is 51.0 Å². The first-order chi connectivity index (χ1) is 15.7. The molecule has 0 aliphatic carbocycles. The first-order valence-corrected chi connectivity index (χ1v) is 11.4. The topological polar surface area (TPSA) is 127 Å². The van der Waals surface area contributed by atoms with Crippen LogP contribution in [0, 0.1) is 0 Å². The third-order valence-corrected chi connectivity index (χ3v) is 6.52. The smallest absolute Gasteiger partial charge is 0.344 e. The second kappa shape index (κ2) is 8.91. The van der Waals surface area contributed by atoms with E-state index in [4.69, 9.17) is 16.0 Å². The van der Waals surface area contributed by atoms with Gasteiger partial charge >= 0.3 is 6.03 Å². The van der Waals surface area contributed by atoms with Crippen molar-refractivity contribution in [1.82, 2.24) is 25.3 Å². The summed E-state index contributed by atoms with van der Waals surface area (Å²) >= 11 is 7.04. The van der Waals surface area contributed by atoms with Gasteiger partial charge in [-0.05, 0) is 43.7 Å². The molecule has 1 unspecified atom stereocenters. The van der Waals surface area contributed by atoms with Crippen molar-refractivity contribution < 1.29 is 18.8 Å². The molecule has 2 N–H and O–H groups in total. The molecule has 3 heterocycles. The Labute approximate surface area is 197 Å². The van der Waals surface area contributed by atoms with Gasteiger partial charge in [0.2, 0.25) is 5.91 Å². The summed E-state index contributed by atoms with van der Waals surface area (Å²) in [4.78, 5) is 54.7. The first kappa shape index (κ1) is 22.9. The van der Waals surface area contributed by atoms with Gasteiger partial charge in [0.1, 0.15) is 11.3 Å². The summed E-state index contributed by atoms with van der Waals surface area (Å²) < 4.78 is 6.76. The Kier molecular flexibility index (Phi) is 6.17. The zero-order valence-electron chi connectivity index (χ0n) is 17.8. The number of furan rings is 1. The van der Waals surface area contributed by atoms with E-state index in [2.05, 4.69) is 15.7 Å². The highest BCUT2D eigenvalue weighted by molar-refractivity contribution is 7.99. The maximum Gasteiger partial charge on any atom is 0.344 e. The SMILES string of the molecule is CCC1(C)NC(=O)N(NC(=O)CSc2nc3cc(Cl)ccc3c(=O)n2Cc2ccco2)C1=O. The molecule has 2 aromatic heterocycles. The number of nitrogens with one attached hydrogen (secondary N) is 2. The van der Waals surface area contributed by atoms with Gasteiger partial charge in [-0.2, -0.15) is 5.01 Å². The lowest BCUT2D eigenvalue weighted by atomic mass is 10.00. The second-order valence-corrected chi connectivity index (χ2v) is 8.99. The number of thioether (sulfide) groups is 1. The third kappa shape index (κ3) is 4.46. The average Bonchev–Trinajstić information content (AvgIpc) is 3.37. The number of urea groups is 1. The maximum atomic E-state index is 13.1. The number of rotatable bonds is 7. The van der Waals surface area contributed by atoms with E-state index in [1.165, 1.54) is 10.8 Å². The Bertz CT molecular complexity index is 1310. The van der Waals surface area contributed by atoms with Crippen LogP contribution in [-0.4, -0.2) is 43.7 Å². The lowest BCUT2D eigenvalue weighted by molar-refractivity contribution is -0.137. The predicted molar refractivity (Wildman–Crippen MR) is 122 cm³/mol. The summed E-state index contributed by atoms with van der Waals surface area (Å²) in [5.41, 5.74) is 1.32. The fourth-order valence-corrected chi connectivity index (χ4v) is 4.25. The molecule has 4 rings (SSSR count). The molecule has 10 nitrogen and oxygen atoms in total. The van der Waals surface area contributed by atoms with Crippen molar-refractivity contribution in [3.63, 3.8) is 0 Å². The van der Waals surface area contributed by atoms with E-state index in [9.17, 15) is 19.2 Å². The molecular formula is C21H20ClN5O5S. The van der Waals surface area contributed by atoms with Crippen LogP contribution < -0.4 is 16.3 Å². The van der Waals surface area contributed by atoms with Crippen molar-refractivity contribution >= 4 is 52.1 Å². The zero-order chi connectivity index (χ0) is 23.8. The fraction of sp³-hybridized carbons (Fsp3) is 0.286. The summed E-state index contributed by atoms with van der Waals surface area (Å²) in [5.74, 6) is -0.802. The summed E-state index contributed by atoms with van der Waals surface area (Å²) in [6, 6.07) is 7.50. The van der Waals surface area contributed by atoms with Crippen molar-refractivity contribution in [3.8, 4) is 0 Å². The predicted octanol–water partition coefficient (Wildman–Crippen LogP) is 2.54. The number of aromatic nitrogens is 2. The highest BCUT2D eigenvalue weighted by atomic mass is 35.5. The van der Waals surface area contributed by atoms with Gasteiger partial charge in [0.05, 0.1) is 29.5 Å². The molecule has 4 amide bonds. The molecule has 1 fully saturated rings. The Hall–Kier alpha value is -3.31. The van der Waals surface area contributed by atoms with E-state index in [0.29, 0.717) is 33.1 Å². The van der Waals surface area contributed by atoms with E-state index >= 15 is 0 Å². The van der Waals surface area contributed by atoms with Crippen LogP contribution in [0.1, 0.15) is 26.0 Å². The quantitative estimate of drug-likeness (QED) is 0.296. The van der Waals surface area contributed by atoms with Gasteiger partial charge in [0.15, 0.2) is 5.16 Å². The minimum Gasteiger partial charge on any atom is -0.467 e. The van der Waals surface area contributed by atoms with Gasteiger partial charge in [0.25, 0.3) is 11.5 Å². The Morgan fingerprint density at radius 1 is 1.30 bits per heavy atom. The van der Waals surface area contributed by atoms with Gasteiger partial charge in [-0.3, -0.25) is 24.4 Å². The number of hydrazine groups is 1. The molecule has 1 aromatic carbocycles.